The molecule has 126 valence electrons. The van der Waals surface area contributed by atoms with Gasteiger partial charge < -0.3 is 4.90 Å². The van der Waals surface area contributed by atoms with Crippen LogP contribution in [0, 0.1) is 5.41 Å². The first kappa shape index (κ1) is 17.9. The lowest BCUT2D eigenvalue weighted by Gasteiger charge is -2.30. The highest BCUT2D eigenvalue weighted by atomic mass is 16.2. The van der Waals surface area contributed by atoms with Crippen LogP contribution in [0.5, 0.6) is 0 Å². The second-order valence-electron chi connectivity index (χ2n) is 6.85. The second kappa shape index (κ2) is 6.56. The fourth-order valence-corrected chi connectivity index (χ4v) is 2.75. The molecule has 1 aliphatic rings. The molecule has 0 aromatic heterocycles. The van der Waals surface area contributed by atoms with E-state index in [0.717, 1.165) is 5.69 Å². The van der Waals surface area contributed by atoms with E-state index in [1.807, 2.05) is 44.2 Å². The van der Waals surface area contributed by atoms with Gasteiger partial charge in [-0.25, -0.2) is 0 Å². The summed E-state index contributed by atoms with van der Waals surface area (Å²) in [4.78, 5) is 38.8. The summed E-state index contributed by atoms with van der Waals surface area (Å²) in [5.74, 6) is -0.400. The van der Waals surface area contributed by atoms with Crippen molar-refractivity contribution in [3.63, 3.8) is 0 Å². The van der Waals surface area contributed by atoms with Crippen LogP contribution in [0.2, 0.25) is 0 Å². The lowest BCUT2D eigenvalue weighted by Crippen LogP contribution is -2.34. The fraction of sp³-hybridized carbons (Fsp3) is 0.350. The van der Waals surface area contributed by atoms with Gasteiger partial charge in [0.15, 0.2) is 11.6 Å². The number of anilines is 1. The Bertz CT molecular complexity index is 754. The summed E-state index contributed by atoms with van der Waals surface area (Å²) in [5.41, 5.74) is 1.44. The van der Waals surface area contributed by atoms with Gasteiger partial charge in [-0.3, -0.25) is 14.4 Å². The molecule has 1 amide bonds. The average molecular weight is 325 g/mol. The highest BCUT2D eigenvalue weighted by molar-refractivity contribution is 6.22. The average Bonchev–Trinajstić information content (AvgIpc) is 2.55. The number of rotatable bonds is 4. The number of ketones is 2. The third-order valence-electron chi connectivity index (χ3n) is 4.63. The van der Waals surface area contributed by atoms with Gasteiger partial charge in [0.1, 0.15) is 0 Å². The van der Waals surface area contributed by atoms with Gasteiger partial charge in [-0.1, -0.05) is 32.0 Å². The van der Waals surface area contributed by atoms with Gasteiger partial charge in [0, 0.05) is 41.3 Å². The highest BCUT2D eigenvalue weighted by Crippen LogP contribution is 2.36. The smallest absolute Gasteiger partial charge is 0.227 e. The molecule has 0 atom stereocenters. The first-order valence-electron chi connectivity index (χ1n) is 7.95. The summed E-state index contributed by atoms with van der Waals surface area (Å²) in [6.45, 7) is 6.98. The Balaban J connectivity index is 2.22. The highest BCUT2D eigenvalue weighted by Gasteiger charge is 2.36. The molecule has 1 aromatic carbocycles. The van der Waals surface area contributed by atoms with Crippen molar-refractivity contribution in [2.24, 2.45) is 5.41 Å². The number of Topliss-reactive ketones (excluding diaryl/α,β-unsaturated/α-hetero) is 1. The second-order valence-corrected chi connectivity index (χ2v) is 6.85. The maximum atomic E-state index is 12.6. The minimum atomic E-state index is -0.713. The normalized spacial score (nSPS) is 15.5. The van der Waals surface area contributed by atoms with Crippen LogP contribution in [0.4, 0.5) is 5.69 Å². The summed E-state index contributed by atoms with van der Waals surface area (Å²) in [6, 6.07) is 9.34. The van der Waals surface area contributed by atoms with Gasteiger partial charge in [0.25, 0.3) is 0 Å². The van der Waals surface area contributed by atoms with Gasteiger partial charge in [-0.05, 0) is 32.1 Å². The quantitative estimate of drug-likeness (QED) is 0.796. The summed E-state index contributed by atoms with van der Waals surface area (Å²) < 4.78 is 0. The van der Waals surface area contributed by atoms with Crippen LogP contribution in [0.25, 0.3) is 0 Å². The van der Waals surface area contributed by atoms with Crippen LogP contribution in [0.15, 0.2) is 53.1 Å². The van der Waals surface area contributed by atoms with E-state index in [0.29, 0.717) is 16.7 Å². The predicted octanol–water partition coefficient (Wildman–Crippen LogP) is 3.48. The molecule has 4 nitrogen and oxygen atoms in total. The Morgan fingerprint density at radius 3 is 2.21 bits per heavy atom. The molecule has 0 fully saturated rings. The molecule has 0 radical (unpaired) electrons. The maximum Gasteiger partial charge on any atom is 0.227 e. The minimum Gasteiger partial charge on any atom is -0.315 e. The standard InChI is InChI=1S/C20H23NO3/c1-13-14(2)19(24)16(11-17(13)22)20(3,4)12-18(23)21(5)15-9-7-6-8-10-15/h6-11H,12H2,1-5H3. The number of amides is 1. The number of benzene rings is 1. The molecule has 2 rings (SSSR count). The number of allylic oxidation sites excluding steroid dienone is 4. The van der Waals surface area contributed by atoms with E-state index in [1.54, 1.807) is 25.8 Å². The Morgan fingerprint density at radius 2 is 1.62 bits per heavy atom. The monoisotopic (exact) mass is 325 g/mol. The Hall–Kier alpha value is -2.49. The lowest BCUT2D eigenvalue weighted by atomic mass is 9.74. The number of carbonyl (C=O) groups is 3. The van der Waals surface area contributed by atoms with Gasteiger partial charge in [0.05, 0.1) is 0 Å². The molecule has 0 aliphatic heterocycles. The molecule has 0 N–H and O–H groups in total. The number of para-hydroxylation sites is 1. The van der Waals surface area contributed by atoms with E-state index < -0.39 is 5.41 Å². The van der Waals surface area contributed by atoms with Crippen molar-refractivity contribution in [2.75, 3.05) is 11.9 Å². The van der Waals surface area contributed by atoms with Gasteiger partial charge in [-0.2, -0.15) is 0 Å². The number of nitrogens with zero attached hydrogens (tertiary/aromatic N) is 1. The SMILES string of the molecule is CC1=C(C)C(=O)C(C(C)(C)CC(=O)N(C)c2ccccc2)=CC1=O. The molecular formula is C20H23NO3. The summed E-state index contributed by atoms with van der Waals surface area (Å²) in [5, 5.41) is 0. The molecule has 0 saturated carbocycles. The van der Waals surface area contributed by atoms with Crippen molar-refractivity contribution in [1.82, 2.24) is 0 Å². The van der Waals surface area contributed by atoms with Crippen molar-refractivity contribution in [3.8, 4) is 0 Å². The van der Waals surface area contributed by atoms with Crippen LogP contribution in [-0.2, 0) is 14.4 Å². The third kappa shape index (κ3) is 3.37. The molecule has 1 aromatic rings. The van der Waals surface area contributed by atoms with Crippen LogP contribution in [0.3, 0.4) is 0 Å². The summed E-state index contributed by atoms with van der Waals surface area (Å²) in [7, 11) is 1.71. The van der Waals surface area contributed by atoms with E-state index in [1.165, 1.54) is 6.08 Å². The topological polar surface area (TPSA) is 54.5 Å². The van der Waals surface area contributed by atoms with Crippen molar-refractivity contribution >= 4 is 23.2 Å². The minimum absolute atomic E-state index is 0.101. The molecular weight excluding hydrogens is 302 g/mol. The molecule has 1 aliphatic carbocycles. The van der Waals surface area contributed by atoms with Crippen LogP contribution >= 0.6 is 0 Å². The zero-order chi connectivity index (χ0) is 18.1. The summed E-state index contributed by atoms with van der Waals surface area (Å²) >= 11 is 0. The maximum absolute atomic E-state index is 12.6. The van der Waals surface area contributed by atoms with Crippen molar-refractivity contribution in [2.45, 2.75) is 34.1 Å². The third-order valence-corrected chi connectivity index (χ3v) is 4.63. The fourth-order valence-electron chi connectivity index (χ4n) is 2.75. The Kier molecular flexibility index (Phi) is 4.88. The van der Waals surface area contributed by atoms with Crippen molar-refractivity contribution in [1.29, 1.82) is 0 Å². The van der Waals surface area contributed by atoms with Gasteiger partial charge in [-0.15, -0.1) is 0 Å². The molecule has 0 spiro atoms. The molecule has 0 saturated heterocycles. The molecule has 0 bridgehead atoms. The van der Waals surface area contributed by atoms with E-state index in [9.17, 15) is 14.4 Å². The number of carbonyl (C=O) groups excluding carboxylic acids is 3. The Labute approximate surface area is 142 Å². The van der Waals surface area contributed by atoms with Gasteiger partial charge in [0.2, 0.25) is 5.91 Å². The lowest BCUT2D eigenvalue weighted by molar-refractivity contribution is -0.120. The van der Waals surface area contributed by atoms with Crippen molar-refractivity contribution < 1.29 is 14.4 Å². The van der Waals surface area contributed by atoms with Crippen LogP contribution in [-0.4, -0.2) is 24.5 Å². The van der Waals surface area contributed by atoms with Crippen LogP contribution in [0.1, 0.15) is 34.1 Å². The first-order valence-corrected chi connectivity index (χ1v) is 7.95. The molecule has 24 heavy (non-hydrogen) atoms. The van der Waals surface area contributed by atoms with E-state index in [2.05, 4.69) is 0 Å². The largest absolute Gasteiger partial charge is 0.315 e. The van der Waals surface area contributed by atoms with E-state index in [-0.39, 0.29) is 23.9 Å². The molecule has 0 unspecified atom stereocenters. The zero-order valence-electron chi connectivity index (χ0n) is 14.8. The predicted molar refractivity (Wildman–Crippen MR) is 94.7 cm³/mol. The van der Waals surface area contributed by atoms with Gasteiger partial charge >= 0.3 is 0 Å². The van der Waals surface area contributed by atoms with E-state index in [4.69, 9.17) is 0 Å². The first-order chi connectivity index (χ1) is 11.1. The number of hydrogen-bond acceptors (Lipinski definition) is 3. The molecule has 4 heteroatoms. The number of hydrogen-bond donors (Lipinski definition) is 0. The Morgan fingerprint density at radius 1 is 1.04 bits per heavy atom. The van der Waals surface area contributed by atoms with Crippen molar-refractivity contribution in [3.05, 3.63) is 53.1 Å². The van der Waals surface area contributed by atoms with E-state index >= 15 is 0 Å². The summed E-state index contributed by atoms with van der Waals surface area (Å²) in [6.07, 6.45) is 1.54. The van der Waals surface area contributed by atoms with Crippen LogP contribution < -0.4 is 4.90 Å². The molecule has 0 heterocycles. The zero-order valence-corrected chi connectivity index (χ0v) is 14.8.